The predicted molar refractivity (Wildman–Crippen MR) is 70.6 cm³/mol. The average molecular weight is 231 g/mol. The Morgan fingerprint density at radius 2 is 1.94 bits per heavy atom. The molecule has 0 spiro atoms. The van der Waals surface area contributed by atoms with Crippen LogP contribution in [0.1, 0.15) is 31.4 Å². The SMILES string of the molecule is CC(C)NCC[C@H](N)Cc1ccc(C#N)cc1. The second kappa shape index (κ2) is 7.05. The molecule has 1 atom stereocenters. The zero-order chi connectivity index (χ0) is 12.7. The smallest absolute Gasteiger partial charge is 0.0991 e. The highest BCUT2D eigenvalue weighted by atomic mass is 14.9. The van der Waals surface area contributed by atoms with Crippen LogP contribution in [0.5, 0.6) is 0 Å². The summed E-state index contributed by atoms with van der Waals surface area (Å²) in [6, 6.07) is 10.4. The highest BCUT2D eigenvalue weighted by Crippen LogP contribution is 2.06. The molecule has 0 saturated heterocycles. The summed E-state index contributed by atoms with van der Waals surface area (Å²) in [5.41, 5.74) is 7.95. The Hall–Kier alpha value is -1.37. The fourth-order valence-electron chi connectivity index (χ4n) is 1.68. The Bertz CT molecular complexity index is 362. The van der Waals surface area contributed by atoms with Crippen molar-refractivity contribution in [2.24, 2.45) is 5.73 Å². The monoisotopic (exact) mass is 231 g/mol. The maximum atomic E-state index is 8.70. The van der Waals surface area contributed by atoms with E-state index < -0.39 is 0 Å². The van der Waals surface area contributed by atoms with Gasteiger partial charge in [0, 0.05) is 12.1 Å². The van der Waals surface area contributed by atoms with Gasteiger partial charge in [-0.15, -0.1) is 0 Å². The van der Waals surface area contributed by atoms with E-state index in [9.17, 15) is 0 Å². The second-order valence-electron chi connectivity index (χ2n) is 4.67. The lowest BCUT2D eigenvalue weighted by Crippen LogP contribution is -2.31. The van der Waals surface area contributed by atoms with Crippen molar-refractivity contribution in [2.75, 3.05) is 6.54 Å². The molecule has 1 rings (SSSR count). The summed E-state index contributed by atoms with van der Waals surface area (Å²) in [6.07, 6.45) is 1.84. The molecule has 0 radical (unpaired) electrons. The van der Waals surface area contributed by atoms with E-state index in [4.69, 9.17) is 11.0 Å². The summed E-state index contributed by atoms with van der Waals surface area (Å²) in [4.78, 5) is 0. The first-order chi connectivity index (χ1) is 8.11. The first-order valence-corrected chi connectivity index (χ1v) is 6.10. The van der Waals surface area contributed by atoms with Crippen LogP contribution in [0.2, 0.25) is 0 Å². The fourth-order valence-corrected chi connectivity index (χ4v) is 1.68. The molecule has 1 aromatic carbocycles. The minimum Gasteiger partial charge on any atom is -0.327 e. The quantitative estimate of drug-likeness (QED) is 0.785. The number of hydrogen-bond donors (Lipinski definition) is 2. The van der Waals surface area contributed by atoms with Gasteiger partial charge in [0.15, 0.2) is 0 Å². The van der Waals surface area contributed by atoms with Crippen LogP contribution in [0.15, 0.2) is 24.3 Å². The van der Waals surface area contributed by atoms with Crippen molar-refractivity contribution in [3.63, 3.8) is 0 Å². The van der Waals surface area contributed by atoms with Gasteiger partial charge in [-0.2, -0.15) is 5.26 Å². The fraction of sp³-hybridized carbons (Fsp3) is 0.500. The molecule has 3 N–H and O–H groups in total. The number of nitrogens with two attached hydrogens (primary N) is 1. The molecule has 0 heterocycles. The van der Waals surface area contributed by atoms with Crippen molar-refractivity contribution in [3.8, 4) is 6.07 Å². The number of benzene rings is 1. The van der Waals surface area contributed by atoms with Crippen molar-refractivity contribution in [1.82, 2.24) is 5.32 Å². The molecule has 17 heavy (non-hydrogen) atoms. The van der Waals surface area contributed by atoms with Crippen LogP contribution < -0.4 is 11.1 Å². The van der Waals surface area contributed by atoms with Gasteiger partial charge in [-0.25, -0.2) is 0 Å². The summed E-state index contributed by atoms with van der Waals surface area (Å²) < 4.78 is 0. The van der Waals surface area contributed by atoms with Crippen molar-refractivity contribution in [3.05, 3.63) is 35.4 Å². The third-order valence-corrected chi connectivity index (χ3v) is 2.65. The third-order valence-electron chi connectivity index (χ3n) is 2.65. The molecule has 3 heteroatoms. The van der Waals surface area contributed by atoms with Gasteiger partial charge >= 0.3 is 0 Å². The van der Waals surface area contributed by atoms with Gasteiger partial charge in [0.05, 0.1) is 11.6 Å². The molecule has 0 saturated carbocycles. The van der Waals surface area contributed by atoms with E-state index in [0.29, 0.717) is 11.6 Å². The molecule has 92 valence electrons. The summed E-state index contributed by atoms with van der Waals surface area (Å²) in [6.45, 7) is 5.22. The van der Waals surface area contributed by atoms with Crippen LogP contribution in [0.3, 0.4) is 0 Å². The highest BCUT2D eigenvalue weighted by Gasteiger charge is 2.04. The molecule has 0 aromatic heterocycles. The van der Waals surface area contributed by atoms with Gasteiger partial charge in [-0.1, -0.05) is 26.0 Å². The normalized spacial score (nSPS) is 12.4. The number of nitrogens with zero attached hydrogens (tertiary/aromatic N) is 1. The van der Waals surface area contributed by atoms with Gasteiger partial charge < -0.3 is 11.1 Å². The summed E-state index contributed by atoms with van der Waals surface area (Å²) >= 11 is 0. The van der Waals surface area contributed by atoms with Crippen LogP contribution in [0, 0.1) is 11.3 Å². The molecule has 0 bridgehead atoms. The van der Waals surface area contributed by atoms with E-state index in [1.807, 2.05) is 24.3 Å². The number of hydrogen-bond acceptors (Lipinski definition) is 3. The second-order valence-corrected chi connectivity index (χ2v) is 4.67. The standard InChI is InChI=1S/C14H21N3/c1-11(2)17-8-7-14(16)9-12-3-5-13(10-15)6-4-12/h3-6,11,14,17H,7-9,16H2,1-2H3/t14-/m0/s1. The van der Waals surface area contributed by atoms with Crippen LogP contribution in [-0.2, 0) is 6.42 Å². The zero-order valence-electron chi connectivity index (χ0n) is 10.6. The van der Waals surface area contributed by atoms with Gasteiger partial charge in [0.1, 0.15) is 0 Å². The molecule has 0 fully saturated rings. The Labute approximate surface area is 104 Å². The molecule has 1 aromatic rings. The van der Waals surface area contributed by atoms with Gasteiger partial charge in [-0.3, -0.25) is 0 Å². The van der Waals surface area contributed by atoms with Crippen molar-refractivity contribution < 1.29 is 0 Å². The largest absolute Gasteiger partial charge is 0.327 e. The Morgan fingerprint density at radius 1 is 1.29 bits per heavy atom. The van der Waals surface area contributed by atoms with E-state index >= 15 is 0 Å². The molecule has 0 aliphatic heterocycles. The average Bonchev–Trinajstić information content (AvgIpc) is 2.29. The summed E-state index contributed by atoms with van der Waals surface area (Å²) in [5, 5.41) is 12.1. The molecule has 0 amide bonds. The molecule has 3 nitrogen and oxygen atoms in total. The maximum Gasteiger partial charge on any atom is 0.0991 e. The van der Waals surface area contributed by atoms with E-state index in [0.717, 1.165) is 19.4 Å². The Morgan fingerprint density at radius 3 is 2.47 bits per heavy atom. The minimum absolute atomic E-state index is 0.175. The summed E-state index contributed by atoms with van der Waals surface area (Å²) in [5.74, 6) is 0. The Kier molecular flexibility index (Phi) is 5.68. The Balaban J connectivity index is 2.34. The van der Waals surface area contributed by atoms with E-state index in [1.165, 1.54) is 5.56 Å². The lowest BCUT2D eigenvalue weighted by molar-refractivity contribution is 0.521. The minimum atomic E-state index is 0.175. The zero-order valence-corrected chi connectivity index (χ0v) is 10.6. The predicted octanol–water partition coefficient (Wildman–Crippen LogP) is 1.82. The van der Waals surface area contributed by atoms with E-state index in [-0.39, 0.29) is 6.04 Å². The highest BCUT2D eigenvalue weighted by molar-refractivity contribution is 5.31. The first-order valence-electron chi connectivity index (χ1n) is 6.10. The maximum absolute atomic E-state index is 8.70. The number of rotatable bonds is 6. The van der Waals surface area contributed by atoms with E-state index in [2.05, 4.69) is 25.2 Å². The molecular formula is C14H21N3. The van der Waals surface area contributed by atoms with Crippen LogP contribution in [0.4, 0.5) is 0 Å². The third kappa shape index (κ3) is 5.48. The van der Waals surface area contributed by atoms with Gasteiger partial charge in [0.2, 0.25) is 0 Å². The topological polar surface area (TPSA) is 61.8 Å². The summed E-state index contributed by atoms with van der Waals surface area (Å²) in [7, 11) is 0. The van der Waals surface area contributed by atoms with Crippen molar-refractivity contribution in [1.29, 1.82) is 5.26 Å². The molecule has 0 aliphatic carbocycles. The van der Waals surface area contributed by atoms with Gasteiger partial charge in [-0.05, 0) is 37.1 Å². The van der Waals surface area contributed by atoms with Crippen LogP contribution in [-0.4, -0.2) is 18.6 Å². The number of nitriles is 1. The van der Waals surface area contributed by atoms with Crippen molar-refractivity contribution in [2.45, 2.75) is 38.8 Å². The van der Waals surface area contributed by atoms with Crippen molar-refractivity contribution >= 4 is 0 Å². The van der Waals surface area contributed by atoms with Crippen LogP contribution >= 0.6 is 0 Å². The van der Waals surface area contributed by atoms with Crippen LogP contribution in [0.25, 0.3) is 0 Å². The van der Waals surface area contributed by atoms with Gasteiger partial charge in [0.25, 0.3) is 0 Å². The van der Waals surface area contributed by atoms with E-state index in [1.54, 1.807) is 0 Å². The lowest BCUT2D eigenvalue weighted by atomic mass is 10.0. The molecular weight excluding hydrogens is 210 g/mol. The molecule has 0 aliphatic rings. The lowest BCUT2D eigenvalue weighted by Gasteiger charge is -2.13. The number of nitrogens with one attached hydrogen (secondary N) is 1. The molecule has 0 unspecified atom stereocenters. The first kappa shape index (κ1) is 13.7.